The van der Waals surface area contributed by atoms with E-state index in [1.165, 1.54) is 4.90 Å². The van der Waals surface area contributed by atoms with E-state index in [1.54, 1.807) is 26.0 Å². The highest BCUT2D eigenvalue weighted by atomic mass is 16.4. The maximum Gasteiger partial charge on any atom is 0.323 e. The number of amides is 1. The average Bonchev–Trinajstić information content (AvgIpc) is 2.90. The first-order valence-electron chi connectivity index (χ1n) is 7.33. The van der Waals surface area contributed by atoms with Gasteiger partial charge in [-0.25, -0.2) is 0 Å². The third-order valence-corrected chi connectivity index (χ3v) is 3.58. The maximum atomic E-state index is 12.4. The SMILES string of the molecule is CC1=NN(c2ccc(C(=O)N(CC(=O)O)C(C)C)cc2)CC1. The Morgan fingerprint density at radius 2 is 1.95 bits per heavy atom. The highest BCUT2D eigenvalue weighted by Gasteiger charge is 2.21. The Hall–Kier alpha value is -2.37. The van der Waals surface area contributed by atoms with Crippen molar-refractivity contribution in [2.75, 3.05) is 18.1 Å². The summed E-state index contributed by atoms with van der Waals surface area (Å²) in [5.41, 5.74) is 2.51. The van der Waals surface area contributed by atoms with Crippen molar-refractivity contribution in [2.45, 2.75) is 33.2 Å². The number of aliphatic carboxylic acids is 1. The van der Waals surface area contributed by atoms with Gasteiger partial charge in [0.15, 0.2) is 0 Å². The van der Waals surface area contributed by atoms with Crippen molar-refractivity contribution >= 4 is 23.3 Å². The zero-order valence-electron chi connectivity index (χ0n) is 13.1. The first kappa shape index (κ1) is 16.0. The minimum atomic E-state index is -1.01. The molecule has 1 aromatic carbocycles. The Morgan fingerprint density at radius 3 is 2.41 bits per heavy atom. The second-order valence-electron chi connectivity index (χ2n) is 5.68. The molecule has 0 aromatic heterocycles. The number of hydrazone groups is 1. The van der Waals surface area contributed by atoms with E-state index in [4.69, 9.17) is 5.11 Å². The Balaban J connectivity index is 2.15. The van der Waals surface area contributed by atoms with Crippen molar-refractivity contribution in [3.8, 4) is 0 Å². The molecule has 0 fully saturated rings. The third kappa shape index (κ3) is 3.63. The largest absolute Gasteiger partial charge is 0.480 e. The van der Waals surface area contributed by atoms with Crippen LogP contribution in [0.25, 0.3) is 0 Å². The summed E-state index contributed by atoms with van der Waals surface area (Å²) in [4.78, 5) is 24.7. The molecule has 0 unspecified atom stereocenters. The summed E-state index contributed by atoms with van der Waals surface area (Å²) in [6.07, 6.45) is 0.945. The normalized spacial score (nSPS) is 14.2. The number of hydrogen-bond acceptors (Lipinski definition) is 4. The molecule has 22 heavy (non-hydrogen) atoms. The number of carboxylic acid groups (broad SMARTS) is 1. The molecule has 118 valence electrons. The summed E-state index contributed by atoms with van der Waals surface area (Å²) in [6.45, 7) is 6.14. The molecule has 6 heteroatoms. The van der Waals surface area contributed by atoms with Gasteiger partial charge in [0.25, 0.3) is 5.91 Å². The zero-order chi connectivity index (χ0) is 16.3. The molecule has 1 aliphatic heterocycles. The van der Waals surface area contributed by atoms with Crippen LogP contribution in [-0.2, 0) is 4.79 Å². The number of carbonyl (C=O) groups excluding carboxylic acids is 1. The van der Waals surface area contributed by atoms with Crippen LogP contribution in [0.15, 0.2) is 29.4 Å². The molecule has 0 bridgehead atoms. The molecular weight excluding hydrogens is 282 g/mol. The number of hydrogen-bond donors (Lipinski definition) is 1. The second-order valence-corrected chi connectivity index (χ2v) is 5.68. The highest BCUT2D eigenvalue weighted by molar-refractivity contribution is 5.96. The minimum absolute atomic E-state index is 0.172. The van der Waals surface area contributed by atoms with Crippen molar-refractivity contribution in [3.63, 3.8) is 0 Å². The fourth-order valence-corrected chi connectivity index (χ4v) is 2.34. The van der Waals surface area contributed by atoms with Crippen LogP contribution in [0.2, 0.25) is 0 Å². The Bertz CT molecular complexity index is 593. The molecule has 0 saturated carbocycles. The molecule has 0 aliphatic carbocycles. The monoisotopic (exact) mass is 303 g/mol. The molecule has 2 rings (SSSR count). The van der Waals surface area contributed by atoms with Gasteiger partial charge < -0.3 is 10.0 Å². The van der Waals surface area contributed by atoms with E-state index < -0.39 is 5.97 Å². The lowest BCUT2D eigenvalue weighted by Gasteiger charge is -2.25. The van der Waals surface area contributed by atoms with E-state index in [1.807, 2.05) is 24.1 Å². The quantitative estimate of drug-likeness (QED) is 0.905. The van der Waals surface area contributed by atoms with Gasteiger partial charge in [0.2, 0.25) is 0 Å². The van der Waals surface area contributed by atoms with Crippen LogP contribution in [-0.4, -0.2) is 46.7 Å². The molecule has 1 N–H and O–H groups in total. The van der Waals surface area contributed by atoms with Crippen molar-refractivity contribution in [3.05, 3.63) is 29.8 Å². The van der Waals surface area contributed by atoms with Crippen molar-refractivity contribution < 1.29 is 14.7 Å². The molecule has 0 radical (unpaired) electrons. The van der Waals surface area contributed by atoms with Crippen LogP contribution in [0.3, 0.4) is 0 Å². The van der Waals surface area contributed by atoms with Crippen LogP contribution in [0.1, 0.15) is 37.6 Å². The number of benzene rings is 1. The number of rotatable bonds is 5. The van der Waals surface area contributed by atoms with E-state index in [0.717, 1.165) is 24.4 Å². The molecule has 0 spiro atoms. The summed E-state index contributed by atoms with van der Waals surface area (Å²) in [5, 5.41) is 15.2. The molecule has 1 heterocycles. The van der Waals surface area contributed by atoms with Gasteiger partial charge in [-0.3, -0.25) is 14.6 Å². The topological polar surface area (TPSA) is 73.2 Å². The molecule has 1 amide bonds. The number of anilines is 1. The van der Waals surface area contributed by atoms with Crippen LogP contribution >= 0.6 is 0 Å². The van der Waals surface area contributed by atoms with Gasteiger partial charge in [0, 0.05) is 30.3 Å². The molecule has 6 nitrogen and oxygen atoms in total. The Morgan fingerprint density at radius 1 is 1.32 bits per heavy atom. The smallest absolute Gasteiger partial charge is 0.323 e. The molecule has 0 atom stereocenters. The molecule has 1 aliphatic rings. The fraction of sp³-hybridized carbons (Fsp3) is 0.438. The summed E-state index contributed by atoms with van der Waals surface area (Å²) in [7, 11) is 0. The van der Waals surface area contributed by atoms with Gasteiger partial charge in [0.05, 0.1) is 5.69 Å². The molecule has 1 aromatic rings. The first-order chi connectivity index (χ1) is 10.4. The summed E-state index contributed by atoms with van der Waals surface area (Å²) in [6, 6.07) is 6.95. The van der Waals surface area contributed by atoms with Crippen LogP contribution in [0.5, 0.6) is 0 Å². The van der Waals surface area contributed by atoms with Crippen molar-refractivity contribution in [2.24, 2.45) is 5.10 Å². The van der Waals surface area contributed by atoms with Crippen LogP contribution < -0.4 is 5.01 Å². The predicted octanol–water partition coefficient (Wildman–Crippen LogP) is 2.21. The Kier molecular flexibility index (Phi) is 4.80. The molecule has 0 saturated heterocycles. The van der Waals surface area contributed by atoms with Gasteiger partial charge in [-0.2, -0.15) is 5.10 Å². The van der Waals surface area contributed by atoms with E-state index in [2.05, 4.69) is 5.10 Å². The second kappa shape index (κ2) is 6.60. The standard InChI is InChI=1S/C16H21N3O3/c1-11(2)18(10-15(20)21)16(22)13-4-6-14(7-5-13)19-9-8-12(3)17-19/h4-7,11H,8-10H2,1-3H3,(H,20,21). The minimum Gasteiger partial charge on any atom is -0.480 e. The average molecular weight is 303 g/mol. The van der Waals surface area contributed by atoms with Gasteiger partial charge in [-0.15, -0.1) is 0 Å². The lowest BCUT2D eigenvalue weighted by atomic mass is 10.1. The van der Waals surface area contributed by atoms with Gasteiger partial charge in [-0.05, 0) is 45.0 Å². The van der Waals surface area contributed by atoms with Gasteiger partial charge in [0.1, 0.15) is 6.54 Å². The lowest BCUT2D eigenvalue weighted by molar-refractivity contribution is -0.138. The van der Waals surface area contributed by atoms with E-state index >= 15 is 0 Å². The van der Waals surface area contributed by atoms with Crippen molar-refractivity contribution in [1.29, 1.82) is 0 Å². The number of carbonyl (C=O) groups is 2. The van der Waals surface area contributed by atoms with Crippen molar-refractivity contribution in [1.82, 2.24) is 4.90 Å². The van der Waals surface area contributed by atoms with Gasteiger partial charge in [-0.1, -0.05) is 0 Å². The third-order valence-electron chi connectivity index (χ3n) is 3.58. The maximum absolute atomic E-state index is 12.4. The van der Waals surface area contributed by atoms with E-state index in [-0.39, 0.29) is 18.5 Å². The predicted molar refractivity (Wildman–Crippen MR) is 85.3 cm³/mol. The summed E-state index contributed by atoms with van der Waals surface area (Å²) >= 11 is 0. The lowest BCUT2D eigenvalue weighted by Crippen LogP contribution is -2.40. The fourth-order valence-electron chi connectivity index (χ4n) is 2.34. The van der Waals surface area contributed by atoms with Gasteiger partial charge >= 0.3 is 5.97 Å². The summed E-state index contributed by atoms with van der Waals surface area (Å²) in [5.74, 6) is -1.29. The number of nitrogens with zero attached hydrogens (tertiary/aromatic N) is 3. The zero-order valence-corrected chi connectivity index (χ0v) is 13.1. The van der Waals surface area contributed by atoms with Crippen LogP contribution in [0, 0.1) is 0 Å². The van der Waals surface area contributed by atoms with E-state index in [9.17, 15) is 9.59 Å². The highest BCUT2D eigenvalue weighted by Crippen LogP contribution is 2.20. The van der Waals surface area contributed by atoms with Crippen LogP contribution in [0.4, 0.5) is 5.69 Å². The Labute approximate surface area is 130 Å². The molecular formula is C16H21N3O3. The number of carboxylic acids is 1. The van der Waals surface area contributed by atoms with E-state index in [0.29, 0.717) is 5.56 Å². The summed E-state index contributed by atoms with van der Waals surface area (Å²) < 4.78 is 0. The first-order valence-corrected chi connectivity index (χ1v) is 7.33.